The number of carbonyl (C=O) groups excluding carboxylic acids is 3. The lowest BCUT2D eigenvalue weighted by atomic mass is 9.61. The van der Waals surface area contributed by atoms with E-state index in [0.29, 0.717) is 41.9 Å². The number of benzene rings is 3. The molecule has 9 aliphatic carbocycles. The van der Waals surface area contributed by atoms with Gasteiger partial charge in [0.2, 0.25) is 9.05 Å². The van der Waals surface area contributed by atoms with E-state index in [9.17, 15) is 39.6 Å². The molecule has 3 aromatic carbocycles. The number of methoxy groups -OCH3 is 3. The maximum Gasteiger partial charge on any atom is 0.264 e. The highest BCUT2D eigenvalue weighted by Gasteiger charge is 2.70. The van der Waals surface area contributed by atoms with Crippen molar-refractivity contribution in [2.45, 2.75) is 273 Å². The van der Waals surface area contributed by atoms with Crippen LogP contribution in [0.25, 0.3) is 0 Å². The number of nitrogens with one attached hydrogen (secondary N) is 2. The Balaban J connectivity index is 0.000000154. The quantitative estimate of drug-likeness (QED) is 0.0322. The third-order valence-corrected chi connectivity index (χ3v) is 32.0. The topological polar surface area (TPSA) is 386 Å². The van der Waals surface area contributed by atoms with Gasteiger partial charge < -0.3 is 74.7 Å². The number of aliphatic hydroxyl groups is 1. The van der Waals surface area contributed by atoms with Gasteiger partial charge in [-0.15, -0.1) is 0 Å². The number of amides is 3. The van der Waals surface area contributed by atoms with Gasteiger partial charge in [-0.2, -0.15) is 16.8 Å². The average Bonchev–Trinajstić information content (AvgIpc) is 1.38. The Morgan fingerprint density at radius 1 is 0.511 bits per heavy atom. The van der Waals surface area contributed by atoms with Gasteiger partial charge in [0.1, 0.15) is 0 Å². The molecule has 9 atom stereocenters. The Kier molecular flexibility index (Phi) is 38.7. The highest BCUT2D eigenvalue weighted by molar-refractivity contribution is 8.14. The molecule has 36 heteroatoms. The Morgan fingerprint density at radius 2 is 0.847 bits per heavy atom. The van der Waals surface area contributed by atoms with Crippen molar-refractivity contribution in [1.29, 1.82) is 0 Å². The maximum absolute atomic E-state index is 14.8. The van der Waals surface area contributed by atoms with Gasteiger partial charge in [-0.1, -0.05) is 93.7 Å². The van der Waals surface area contributed by atoms with Gasteiger partial charge in [0.25, 0.3) is 38.0 Å². The zero-order valence-corrected chi connectivity index (χ0v) is 85.6. The monoisotopic (exact) mass is 2020 g/mol. The summed E-state index contributed by atoms with van der Waals surface area (Å²) in [7, 11) is 1.63. The van der Waals surface area contributed by atoms with Crippen molar-refractivity contribution < 1.29 is 95.7 Å². The number of aliphatic imine (C=N–C) groups is 2. The van der Waals surface area contributed by atoms with Crippen molar-refractivity contribution in [3.05, 3.63) is 105 Å². The van der Waals surface area contributed by atoms with Crippen molar-refractivity contribution >= 4 is 97.9 Å². The van der Waals surface area contributed by atoms with Gasteiger partial charge in [0, 0.05) is 128 Å². The predicted octanol–water partition coefficient (Wildman–Crippen LogP) is 10.8. The molecule has 137 heavy (non-hydrogen) atoms. The summed E-state index contributed by atoms with van der Waals surface area (Å²) >= 11 is 7.06. The smallest absolute Gasteiger partial charge is 0.264 e. The molecule has 9 aliphatic heterocycles. The van der Waals surface area contributed by atoms with Crippen LogP contribution >= 0.6 is 34.7 Å². The standard InChI is InChI=1S/C30H36N2O4S.C26H31N3O3.C22H24N2O2S.C6H15N.2C5H10O4S.C4H8O2.CH3ClO2S.CH5N.CH4/c1-34-23-8-12-29(13-9-23)17-22-7-6-21(5-4-20-2-3-20)16-26(22)30(29)27(33)32(18-24-10-14-35-24)28(31-30)37-19-25-11-15-36-25;1-31-20-8-11-25(12-9-20)15-19-7-6-18(5-4-17-2-3-17)14-22(19)26(25)23(30)29(24(27)28-26)16-21-10-13-32-21;1-26-17-8-10-21(11-9-17)13-16-7-6-15(5-4-14-2-3-14)12-18(16)22(21)19(25)23-20(27)24-22;1-4-7(5-2)6-3;2*1-10(6,7)9-4-5-2-3-8-5;5-3-4-1-2-6-4;1-5(2,3)4;1-2;/h6-7,16,20,23-25H,2-3,8-15,17-19H2,1H3;6-7,14,17,20-21H,2-3,8-13,15-16H2,1H3,(H2,27,28);6-7,12,14,17H,2-3,8-11,13H2,1H3,(H2,23,24,25,27);4-6H2,1-3H3;2*5H,2-4H2,1H3;4-5H,1-3H2;1H3;2H2,1H3;1H4. The summed E-state index contributed by atoms with van der Waals surface area (Å²) in [6.07, 6.45) is 31.5. The SMILES string of the molecule is C.CCN(CC)CC.CN.COC1CCC2(CC1)Cc1ccc(C#CC3CC3)cc1C21N=C(N)N(CC2CCO2)C1=O.COC1CCC2(CC1)Cc1ccc(C#CC3CC3)cc1C21N=C(SCC2CCO2)N(CC2CCO2)C1=O.COC1CCC2(CC1)Cc1ccc(C#CC3CC3)cc1C21NC(=S)NC1=O.CS(=O)(=O)Cl.CS(=O)(=O)OCC1CCO1.CS(=O)(=O)OCC1CCO1.OCC1CCO1. The number of rotatable bonds is 19. The molecule has 18 aliphatic rings. The molecule has 30 nitrogen and oxygen atoms in total. The number of guanidine groups is 1. The van der Waals surface area contributed by atoms with Crippen molar-refractivity contribution in [2.75, 3.05) is 145 Å². The van der Waals surface area contributed by atoms with E-state index in [0.717, 1.165) is 238 Å². The van der Waals surface area contributed by atoms with Gasteiger partial charge in [-0.05, 0) is 282 Å². The Morgan fingerprint density at radius 3 is 1.15 bits per heavy atom. The number of hydrogen-bond donors (Lipinski definition) is 5. The summed E-state index contributed by atoms with van der Waals surface area (Å²) in [6, 6.07) is 19.4. The third-order valence-electron chi connectivity index (χ3n) is 29.5. The van der Waals surface area contributed by atoms with E-state index in [4.69, 9.17) is 75.7 Å². The van der Waals surface area contributed by atoms with Crippen LogP contribution in [0, 0.1) is 69.5 Å². The van der Waals surface area contributed by atoms with Crippen LogP contribution in [0.1, 0.15) is 232 Å². The first-order valence-corrected chi connectivity index (χ1v) is 56.5. The van der Waals surface area contributed by atoms with Crippen LogP contribution < -0.4 is 22.1 Å². The number of amidine groups is 1. The molecule has 0 aromatic heterocycles. The van der Waals surface area contributed by atoms with Crippen LogP contribution in [0.2, 0.25) is 0 Å². The zero-order valence-electron chi connectivity index (χ0n) is 80.7. The number of carbonyl (C=O) groups is 3. The minimum absolute atomic E-state index is 0. The number of hydrogen-bond acceptors (Lipinski definition) is 28. The van der Waals surface area contributed by atoms with E-state index in [1.807, 2.05) is 12.0 Å². The summed E-state index contributed by atoms with van der Waals surface area (Å²) < 4.78 is 118. The summed E-state index contributed by atoms with van der Waals surface area (Å²) in [5, 5.41) is 15.9. The largest absolute Gasteiger partial charge is 0.394 e. The highest BCUT2D eigenvalue weighted by atomic mass is 35.7. The Bertz CT molecular complexity index is 5220. The fourth-order valence-corrected chi connectivity index (χ4v) is 22.7. The molecule has 7 saturated heterocycles. The molecule has 3 aromatic rings. The lowest BCUT2D eigenvalue weighted by Crippen LogP contribution is -2.56. The predicted molar refractivity (Wildman–Crippen MR) is 534 cm³/mol. The summed E-state index contributed by atoms with van der Waals surface area (Å²) in [4.78, 5) is 58.8. The second-order valence-electron chi connectivity index (χ2n) is 38.7. The van der Waals surface area contributed by atoms with E-state index in [1.165, 1.54) is 81.9 Å². The van der Waals surface area contributed by atoms with Crippen molar-refractivity contribution in [2.24, 2.45) is 55.5 Å². The highest BCUT2D eigenvalue weighted by Crippen LogP contribution is 2.65. The minimum Gasteiger partial charge on any atom is -0.394 e. The molecule has 7 N–H and O–H groups in total. The van der Waals surface area contributed by atoms with Crippen LogP contribution in [-0.2, 0) is 131 Å². The van der Waals surface area contributed by atoms with Crippen molar-refractivity contribution in [3.8, 4) is 35.5 Å². The number of ether oxygens (including phenoxy) is 9. The van der Waals surface area contributed by atoms with Crippen LogP contribution in [-0.4, -0.2) is 279 Å². The normalized spacial score (nSPS) is 31.0. The second-order valence-corrected chi connectivity index (χ2v) is 46.4. The van der Waals surface area contributed by atoms with Crippen LogP contribution in [0.4, 0.5) is 0 Å². The molecular weight excluding hydrogens is 1870 g/mol. The van der Waals surface area contributed by atoms with E-state index < -0.39 is 45.9 Å². The number of aliphatic hydroxyl groups excluding tert-OH is 1. The molecule has 9 heterocycles. The Labute approximate surface area is 827 Å². The maximum atomic E-state index is 14.8. The molecule has 13 fully saturated rings. The minimum atomic E-state index is -3.28. The van der Waals surface area contributed by atoms with Crippen LogP contribution in [0.15, 0.2) is 64.6 Å². The van der Waals surface area contributed by atoms with Crippen LogP contribution in [0.5, 0.6) is 0 Å². The van der Waals surface area contributed by atoms with Gasteiger partial charge in [-0.3, -0.25) is 32.5 Å². The number of thiocarbonyl (C=S) groups is 1. The third kappa shape index (κ3) is 26.8. The summed E-state index contributed by atoms with van der Waals surface area (Å²) in [5.41, 5.74) is 17.6. The number of nitrogens with two attached hydrogens (primary N) is 2. The van der Waals surface area contributed by atoms with E-state index in [-0.39, 0.29) is 116 Å². The molecule has 21 rings (SSSR count). The number of halogens is 1. The molecule has 3 amide bonds. The fraction of sp³-hybridized carbons (Fsp3) is 0.703. The summed E-state index contributed by atoms with van der Waals surface area (Å²) in [5.74, 6) is 23.1. The lowest BCUT2D eigenvalue weighted by molar-refractivity contribution is -0.142. The fourth-order valence-electron chi connectivity index (χ4n) is 20.6. The summed E-state index contributed by atoms with van der Waals surface area (Å²) in [6.45, 7) is 16.4. The zero-order chi connectivity index (χ0) is 97.4. The van der Waals surface area contributed by atoms with Gasteiger partial charge in [0.05, 0.1) is 107 Å². The first kappa shape index (κ1) is 110. The molecular formula is C101H146ClN9O21S5. The van der Waals surface area contributed by atoms with E-state index in [1.54, 1.807) is 30.9 Å². The average molecular weight is 2020 g/mol. The number of nitrogens with zero attached hydrogens (tertiary/aromatic N) is 5. The Hall–Kier alpha value is -6.29. The number of thioether (sulfide) groups is 1. The molecule has 0 bridgehead atoms. The van der Waals surface area contributed by atoms with E-state index >= 15 is 0 Å². The lowest BCUT2D eigenvalue weighted by Gasteiger charge is -2.46. The molecule has 9 unspecified atom stereocenters. The van der Waals surface area contributed by atoms with Gasteiger partial charge >= 0.3 is 0 Å². The molecule has 6 saturated carbocycles. The van der Waals surface area contributed by atoms with Crippen molar-refractivity contribution in [3.63, 3.8) is 0 Å². The van der Waals surface area contributed by atoms with E-state index in [2.05, 4.69) is 151 Å². The first-order chi connectivity index (χ1) is 65.1. The molecule has 758 valence electrons. The molecule has 0 radical (unpaired) electrons. The van der Waals surface area contributed by atoms with Gasteiger partial charge in [0.15, 0.2) is 32.9 Å². The first-order valence-electron chi connectivity index (χ1n) is 48.7. The van der Waals surface area contributed by atoms with Crippen molar-refractivity contribution in [1.82, 2.24) is 25.3 Å². The van der Waals surface area contributed by atoms with Gasteiger partial charge in [-0.25, -0.2) is 18.4 Å². The number of fused-ring (bicyclic) bond motifs is 9. The second kappa shape index (κ2) is 48.4. The molecule has 6 spiro atoms. The van der Waals surface area contributed by atoms with Crippen LogP contribution in [0.3, 0.4) is 0 Å².